The number of esters is 1. The van der Waals surface area contributed by atoms with E-state index in [9.17, 15) is 9.59 Å². The SMILES string of the molecule is CC(C)(C)OC(=O)CCC(=O)NC1CCOC1C1CC1. The molecule has 0 radical (unpaired) electrons. The lowest BCUT2D eigenvalue weighted by molar-refractivity contribution is -0.155. The highest BCUT2D eigenvalue weighted by molar-refractivity contribution is 5.81. The molecule has 1 amide bonds. The van der Waals surface area contributed by atoms with Gasteiger partial charge in [0.15, 0.2) is 0 Å². The van der Waals surface area contributed by atoms with Crippen molar-refractivity contribution in [3.8, 4) is 0 Å². The molecule has 2 aliphatic rings. The van der Waals surface area contributed by atoms with Gasteiger partial charge in [0.2, 0.25) is 5.91 Å². The van der Waals surface area contributed by atoms with E-state index < -0.39 is 5.60 Å². The molecule has 1 saturated carbocycles. The van der Waals surface area contributed by atoms with Crippen molar-refractivity contribution >= 4 is 11.9 Å². The van der Waals surface area contributed by atoms with Gasteiger partial charge in [-0.2, -0.15) is 0 Å². The van der Waals surface area contributed by atoms with Gasteiger partial charge in [-0.05, 0) is 46.0 Å². The highest BCUT2D eigenvalue weighted by atomic mass is 16.6. The molecule has 2 fully saturated rings. The van der Waals surface area contributed by atoms with Crippen LogP contribution in [0.3, 0.4) is 0 Å². The number of amides is 1. The minimum absolute atomic E-state index is 0.0861. The molecular formula is C15H25NO4. The van der Waals surface area contributed by atoms with Crippen LogP contribution in [0.1, 0.15) is 52.9 Å². The van der Waals surface area contributed by atoms with Gasteiger partial charge < -0.3 is 14.8 Å². The van der Waals surface area contributed by atoms with Crippen molar-refractivity contribution in [1.82, 2.24) is 5.32 Å². The predicted octanol–water partition coefficient (Wildman–Crippen LogP) is 1.79. The van der Waals surface area contributed by atoms with E-state index in [0.29, 0.717) is 5.92 Å². The van der Waals surface area contributed by atoms with E-state index in [2.05, 4.69) is 5.32 Å². The van der Waals surface area contributed by atoms with E-state index >= 15 is 0 Å². The van der Waals surface area contributed by atoms with Crippen LogP contribution in [0.2, 0.25) is 0 Å². The first kappa shape index (κ1) is 15.3. The summed E-state index contributed by atoms with van der Waals surface area (Å²) in [4.78, 5) is 23.4. The van der Waals surface area contributed by atoms with Crippen LogP contribution in [0.15, 0.2) is 0 Å². The molecule has 0 aromatic rings. The molecule has 1 aliphatic heterocycles. The van der Waals surface area contributed by atoms with Crippen molar-refractivity contribution in [3.05, 3.63) is 0 Å². The number of ether oxygens (including phenoxy) is 2. The summed E-state index contributed by atoms with van der Waals surface area (Å²) in [6, 6.07) is 0.119. The molecule has 20 heavy (non-hydrogen) atoms. The minimum atomic E-state index is -0.496. The normalized spacial score (nSPS) is 26.4. The highest BCUT2D eigenvalue weighted by Crippen LogP contribution is 2.38. The second-order valence-corrected chi connectivity index (χ2v) is 6.72. The Bertz CT molecular complexity index is 371. The van der Waals surface area contributed by atoms with E-state index in [1.807, 2.05) is 20.8 Å². The average Bonchev–Trinajstić information content (AvgIpc) is 3.06. The Balaban J connectivity index is 1.68. The lowest BCUT2D eigenvalue weighted by Gasteiger charge is -2.21. The third-order valence-corrected chi connectivity index (χ3v) is 3.54. The van der Waals surface area contributed by atoms with Gasteiger partial charge in [-0.25, -0.2) is 0 Å². The van der Waals surface area contributed by atoms with Crippen LogP contribution >= 0.6 is 0 Å². The first-order valence-corrected chi connectivity index (χ1v) is 7.48. The maximum Gasteiger partial charge on any atom is 0.306 e. The number of hydrogen-bond acceptors (Lipinski definition) is 4. The molecule has 0 spiro atoms. The summed E-state index contributed by atoms with van der Waals surface area (Å²) in [6.07, 6.45) is 3.78. The summed E-state index contributed by atoms with van der Waals surface area (Å²) in [6.45, 7) is 6.18. The van der Waals surface area contributed by atoms with Gasteiger partial charge in [-0.1, -0.05) is 0 Å². The zero-order valence-corrected chi connectivity index (χ0v) is 12.6. The minimum Gasteiger partial charge on any atom is -0.460 e. The summed E-state index contributed by atoms with van der Waals surface area (Å²) in [5.41, 5.74) is -0.496. The number of carbonyl (C=O) groups excluding carboxylic acids is 2. The second-order valence-electron chi connectivity index (χ2n) is 6.72. The summed E-state index contributed by atoms with van der Waals surface area (Å²) in [5.74, 6) is 0.208. The first-order valence-electron chi connectivity index (χ1n) is 7.48. The first-order chi connectivity index (χ1) is 9.35. The molecule has 1 aliphatic carbocycles. The lowest BCUT2D eigenvalue weighted by Crippen LogP contribution is -2.41. The molecule has 2 unspecified atom stereocenters. The van der Waals surface area contributed by atoms with Gasteiger partial charge in [0.25, 0.3) is 0 Å². The Morgan fingerprint density at radius 3 is 2.50 bits per heavy atom. The standard InChI is InChI=1S/C15H25NO4/c1-15(2,3)20-13(18)7-6-12(17)16-11-8-9-19-14(11)10-4-5-10/h10-11,14H,4-9H2,1-3H3,(H,16,17). The Hall–Kier alpha value is -1.10. The molecule has 0 bridgehead atoms. The van der Waals surface area contributed by atoms with Gasteiger partial charge in [0, 0.05) is 13.0 Å². The molecule has 1 saturated heterocycles. The van der Waals surface area contributed by atoms with E-state index in [0.717, 1.165) is 13.0 Å². The lowest BCUT2D eigenvalue weighted by atomic mass is 10.1. The van der Waals surface area contributed by atoms with Crippen LogP contribution in [0.4, 0.5) is 0 Å². The molecular weight excluding hydrogens is 258 g/mol. The molecule has 0 aromatic carbocycles. The number of carbonyl (C=O) groups is 2. The quantitative estimate of drug-likeness (QED) is 0.781. The maximum absolute atomic E-state index is 11.9. The van der Waals surface area contributed by atoms with Crippen LogP contribution in [-0.2, 0) is 19.1 Å². The van der Waals surface area contributed by atoms with Crippen molar-refractivity contribution in [2.45, 2.75) is 70.6 Å². The zero-order valence-electron chi connectivity index (χ0n) is 12.6. The summed E-state index contributed by atoms with van der Waals surface area (Å²) in [5, 5.41) is 3.00. The van der Waals surface area contributed by atoms with Gasteiger partial charge in [0.1, 0.15) is 5.60 Å². The second kappa shape index (κ2) is 6.12. The topological polar surface area (TPSA) is 64.6 Å². The third-order valence-electron chi connectivity index (χ3n) is 3.54. The highest BCUT2D eigenvalue weighted by Gasteiger charge is 2.41. The average molecular weight is 283 g/mol. The van der Waals surface area contributed by atoms with Crippen molar-refractivity contribution < 1.29 is 19.1 Å². The van der Waals surface area contributed by atoms with Crippen LogP contribution in [-0.4, -0.2) is 36.2 Å². The summed E-state index contributed by atoms with van der Waals surface area (Å²) < 4.78 is 10.9. The molecule has 5 nitrogen and oxygen atoms in total. The Labute approximate surface area is 120 Å². The van der Waals surface area contributed by atoms with Crippen LogP contribution in [0, 0.1) is 5.92 Å². The predicted molar refractivity (Wildman–Crippen MR) is 74.1 cm³/mol. The number of hydrogen-bond donors (Lipinski definition) is 1. The fourth-order valence-electron chi connectivity index (χ4n) is 2.54. The summed E-state index contributed by atoms with van der Waals surface area (Å²) in [7, 11) is 0. The van der Waals surface area contributed by atoms with E-state index in [-0.39, 0.29) is 36.9 Å². The molecule has 114 valence electrons. The smallest absolute Gasteiger partial charge is 0.306 e. The van der Waals surface area contributed by atoms with E-state index in [1.165, 1.54) is 12.8 Å². The Morgan fingerprint density at radius 1 is 1.20 bits per heavy atom. The van der Waals surface area contributed by atoms with Crippen LogP contribution in [0.25, 0.3) is 0 Å². The molecule has 5 heteroatoms. The monoisotopic (exact) mass is 283 g/mol. The van der Waals surface area contributed by atoms with Gasteiger partial charge in [0.05, 0.1) is 18.6 Å². The van der Waals surface area contributed by atoms with Crippen molar-refractivity contribution in [2.75, 3.05) is 6.61 Å². The third kappa shape index (κ3) is 4.78. The van der Waals surface area contributed by atoms with Crippen LogP contribution < -0.4 is 5.32 Å². The van der Waals surface area contributed by atoms with Gasteiger partial charge >= 0.3 is 5.97 Å². The van der Waals surface area contributed by atoms with Gasteiger partial charge in [-0.15, -0.1) is 0 Å². The molecule has 1 heterocycles. The maximum atomic E-state index is 11.9. The molecule has 2 rings (SSSR count). The van der Waals surface area contributed by atoms with Crippen molar-refractivity contribution in [3.63, 3.8) is 0 Å². The molecule has 0 aromatic heterocycles. The number of rotatable bonds is 5. The van der Waals surface area contributed by atoms with E-state index in [1.54, 1.807) is 0 Å². The van der Waals surface area contributed by atoms with E-state index in [4.69, 9.17) is 9.47 Å². The van der Waals surface area contributed by atoms with Gasteiger partial charge in [-0.3, -0.25) is 9.59 Å². The summed E-state index contributed by atoms with van der Waals surface area (Å²) >= 11 is 0. The fraction of sp³-hybridized carbons (Fsp3) is 0.867. The number of nitrogens with one attached hydrogen (secondary N) is 1. The van der Waals surface area contributed by atoms with Crippen molar-refractivity contribution in [1.29, 1.82) is 0 Å². The van der Waals surface area contributed by atoms with Crippen molar-refractivity contribution in [2.24, 2.45) is 5.92 Å². The Kier molecular flexibility index (Phi) is 4.68. The molecule has 2 atom stereocenters. The zero-order chi connectivity index (χ0) is 14.8. The largest absolute Gasteiger partial charge is 0.460 e. The Morgan fingerprint density at radius 2 is 1.90 bits per heavy atom. The molecule has 1 N–H and O–H groups in total. The fourth-order valence-corrected chi connectivity index (χ4v) is 2.54. The van der Waals surface area contributed by atoms with Crippen LogP contribution in [0.5, 0.6) is 0 Å².